The fourth-order valence-corrected chi connectivity index (χ4v) is 1.86. The fourth-order valence-electron chi connectivity index (χ4n) is 1.86. The van der Waals surface area contributed by atoms with Gasteiger partial charge >= 0.3 is 0 Å². The second-order valence-electron chi connectivity index (χ2n) is 4.11. The summed E-state index contributed by atoms with van der Waals surface area (Å²) in [5.41, 5.74) is 6.85. The number of rotatable bonds is 7. The summed E-state index contributed by atoms with van der Waals surface area (Å²) < 4.78 is 5.32. The van der Waals surface area contributed by atoms with Crippen molar-refractivity contribution in [2.75, 3.05) is 20.3 Å². The maximum absolute atomic E-state index is 8.90. The number of aliphatic hydroxyl groups excluding tert-OH is 1. The molecule has 0 saturated carbocycles. The van der Waals surface area contributed by atoms with Gasteiger partial charge in [-0.1, -0.05) is 18.2 Å². The molecule has 0 radical (unpaired) electrons. The van der Waals surface area contributed by atoms with Gasteiger partial charge in [-0.25, -0.2) is 0 Å². The molecule has 0 fully saturated rings. The van der Waals surface area contributed by atoms with Gasteiger partial charge in [-0.15, -0.1) is 0 Å². The van der Waals surface area contributed by atoms with Crippen molar-refractivity contribution < 1.29 is 9.84 Å². The highest BCUT2D eigenvalue weighted by molar-refractivity contribution is 5.36. The molecule has 1 aromatic rings. The van der Waals surface area contributed by atoms with E-state index in [9.17, 15) is 0 Å². The molecular weight excluding hydrogens is 216 g/mol. The molecule has 0 amide bonds. The Labute approximate surface area is 103 Å². The zero-order valence-electron chi connectivity index (χ0n) is 10.5. The van der Waals surface area contributed by atoms with Crippen molar-refractivity contribution in [2.45, 2.75) is 25.4 Å². The molecule has 1 aromatic carbocycles. The lowest BCUT2D eigenvalue weighted by Crippen LogP contribution is -2.35. The van der Waals surface area contributed by atoms with E-state index in [2.05, 4.69) is 5.32 Å². The number of hydrogen-bond acceptors (Lipinski definition) is 4. The molecule has 4 nitrogen and oxygen atoms in total. The van der Waals surface area contributed by atoms with Crippen LogP contribution in [0.25, 0.3) is 0 Å². The van der Waals surface area contributed by atoms with Crippen LogP contribution >= 0.6 is 0 Å². The molecular formula is C13H22N2O2. The highest BCUT2D eigenvalue weighted by atomic mass is 16.5. The third kappa shape index (κ3) is 4.00. The van der Waals surface area contributed by atoms with E-state index in [-0.39, 0.29) is 18.7 Å². The normalized spacial score (nSPS) is 14.4. The van der Waals surface area contributed by atoms with Crippen LogP contribution in [0, 0.1) is 0 Å². The van der Waals surface area contributed by atoms with E-state index in [0.29, 0.717) is 13.0 Å². The van der Waals surface area contributed by atoms with Crippen LogP contribution in [0.5, 0.6) is 5.75 Å². The average Bonchev–Trinajstić information content (AvgIpc) is 2.36. The van der Waals surface area contributed by atoms with Gasteiger partial charge in [0.1, 0.15) is 5.75 Å². The van der Waals surface area contributed by atoms with E-state index >= 15 is 0 Å². The van der Waals surface area contributed by atoms with Gasteiger partial charge in [-0.05, 0) is 19.4 Å². The molecule has 4 N–H and O–H groups in total. The number of nitrogens with one attached hydrogen (secondary N) is 1. The Morgan fingerprint density at radius 3 is 2.71 bits per heavy atom. The van der Waals surface area contributed by atoms with Crippen LogP contribution in [0.1, 0.15) is 24.9 Å². The van der Waals surface area contributed by atoms with E-state index < -0.39 is 0 Å². The molecule has 0 aliphatic carbocycles. The lowest BCUT2D eigenvalue weighted by Gasteiger charge is -2.23. The van der Waals surface area contributed by atoms with Crippen molar-refractivity contribution in [3.05, 3.63) is 29.8 Å². The molecule has 0 heterocycles. The molecule has 2 atom stereocenters. The van der Waals surface area contributed by atoms with Gasteiger partial charge in [0.15, 0.2) is 0 Å². The van der Waals surface area contributed by atoms with Gasteiger partial charge in [-0.2, -0.15) is 0 Å². The molecule has 17 heavy (non-hydrogen) atoms. The first-order chi connectivity index (χ1) is 8.22. The van der Waals surface area contributed by atoms with Gasteiger partial charge in [-0.3, -0.25) is 0 Å². The van der Waals surface area contributed by atoms with Gasteiger partial charge in [0, 0.05) is 30.8 Å². The summed E-state index contributed by atoms with van der Waals surface area (Å²) in [6.07, 6.45) is 0.714. The molecule has 0 aliphatic heterocycles. The van der Waals surface area contributed by atoms with E-state index in [1.54, 1.807) is 7.11 Å². The van der Waals surface area contributed by atoms with Crippen LogP contribution in [0.2, 0.25) is 0 Å². The zero-order chi connectivity index (χ0) is 12.7. The molecule has 2 unspecified atom stereocenters. The minimum atomic E-state index is 0.0488. The summed E-state index contributed by atoms with van der Waals surface area (Å²) in [6, 6.07) is 8.11. The van der Waals surface area contributed by atoms with Crippen molar-refractivity contribution in [1.29, 1.82) is 0 Å². The summed E-state index contributed by atoms with van der Waals surface area (Å²) in [5.74, 6) is 0.839. The minimum Gasteiger partial charge on any atom is -0.496 e. The number of methoxy groups -OCH3 is 1. The summed E-state index contributed by atoms with van der Waals surface area (Å²) in [6.45, 7) is 2.71. The first kappa shape index (κ1) is 14.0. The van der Waals surface area contributed by atoms with Crippen LogP contribution < -0.4 is 15.8 Å². The third-order valence-electron chi connectivity index (χ3n) is 2.80. The standard InChI is InChI=1S/C13H22N2O2/c1-10(7-8-16)15-12(9-14)11-5-3-4-6-13(11)17-2/h3-6,10,12,15-16H,7-9,14H2,1-2H3. The Bertz CT molecular complexity index is 331. The van der Waals surface area contributed by atoms with Crippen molar-refractivity contribution in [2.24, 2.45) is 5.73 Å². The molecule has 4 heteroatoms. The van der Waals surface area contributed by atoms with Gasteiger partial charge < -0.3 is 20.9 Å². The van der Waals surface area contributed by atoms with Crippen molar-refractivity contribution >= 4 is 0 Å². The van der Waals surface area contributed by atoms with Crippen LogP contribution in [-0.2, 0) is 0 Å². The maximum atomic E-state index is 8.90. The topological polar surface area (TPSA) is 67.5 Å². The van der Waals surface area contributed by atoms with E-state index in [1.807, 2.05) is 31.2 Å². The fraction of sp³-hybridized carbons (Fsp3) is 0.538. The summed E-state index contributed by atoms with van der Waals surface area (Å²) in [5, 5.41) is 12.3. The van der Waals surface area contributed by atoms with Crippen molar-refractivity contribution in [1.82, 2.24) is 5.32 Å². The highest BCUT2D eigenvalue weighted by Crippen LogP contribution is 2.24. The summed E-state index contributed by atoms with van der Waals surface area (Å²) in [4.78, 5) is 0. The largest absolute Gasteiger partial charge is 0.496 e. The first-order valence-electron chi connectivity index (χ1n) is 5.92. The Kier molecular flexibility index (Phi) is 5.97. The van der Waals surface area contributed by atoms with Crippen LogP contribution in [0.15, 0.2) is 24.3 Å². The molecule has 0 bridgehead atoms. The molecule has 1 rings (SSSR count). The predicted octanol–water partition coefficient (Wildman–Crippen LogP) is 1.06. The quantitative estimate of drug-likeness (QED) is 0.664. The first-order valence-corrected chi connectivity index (χ1v) is 5.92. The smallest absolute Gasteiger partial charge is 0.123 e. The second-order valence-corrected chi connectivity index (χ2v) is 4.11. The SMILES string of the molecule is COc1ccccc1C(CN)NC(C)CCO. The Balaban J connectivity index is 2.78. The zero-order valence-corrected chi connectivity index (χ0v) is 10.5. The van der Waals surface area contributed by atoms with Crippen LogP contribution in [0.3, 0.4) is 0 Å². The average molecular weight is 238 g/mol. The summed E-state index contributed by atoms with van der Waals surface area (Å²) in [7, 11) is 1.66. The minimum absolute atomic E-state index is 0.0488. The maximum Gasteiger partial charge on any atom is 0.123 e. The molecule has 0 aliphatic rings. The molecule has 96 valence electrons. The number of benzene rings is 1. The number of aliphatic hydroxyl groups is 1. The van der Waals surface area contributed by atoms with Crippen LogP contribution in [0.4, 0.5) is 0 Å². The number of hydrogen-bond donors (Lipinski definition) is 3. The predicted molar refractivity (Wildman–Crippen MR) is 69.1 cm³/mol. The highest BCUT2D eigenvalue weighted by Gasteiger charge is 2.15. The van der Waals surface area contributed by atoms with Gasteiger partial charge in [0.2, 0.25) is 0 Å². The number of para-hydroxylation sites is 1. The second kappa shape index (κ2) is 7.27. The summed E-state index contributed by atoms with van der Waals surface area (Å²) >= 11 is 0. The van der Waals surface area contributed by atoms with E-state index in [0.717, 1.165) is 11.3 Å². The van der Waals surface area contributed by atoms with E-state index in [4.69, 9.17) is 15.6 Å². The lowest BCUT2D eigenvalue weighted by molar-refractivity contribution is 0.263. The molecule has 0 aromatic heterocycles. The van der Waals surface area contributed by atoms with Crippen LogP contribution in [-0.4, -0.2) is 31.4 Å². The van der Waals surface area contributed by atoms with Gasteiger partial charge in [0.05, 0.1) is 7.11 Å². The molecule has 0 saturated heterocycles. The monoisotopic (exact) mass is 238 g/mol. The Morgan fingerprint density at radius 2 is 2.12 bits per heavy atom. The Hall–Kier alpha value is -1.10. The number of nitrogens with two attached hydrogens (primary N) is 1. The van der Waals surface area contributed by atoms with Gasteiger partial charge in [0.25, 0.3) is 0 Å². The van der Waals surface area contributed by atoms with Crippen molar-refractivity contribution in [3.63, 3.8) is 0 Å². The Morgan fingerprint density at radius 1 is 1.41 bits per heavy atom. The lowest BCUT2D eigenvalue weighted by atomic mass is 10.0. The van der Waals surface area contributed by atoms with Crippen molar-refractivity contribution in [3.8, 4) is 5.75 Å². The molecule has 0 spiro atoms. The number of ether oxygens (including phenoxy) is 1. The third-order valence-corrected chi connectivity index (χ3v) is 2.80. The van der Waals surface area contributed by atoms with E-state index in [1.165, 1.54) is 0 Å².